The van der Waals surface area contributed by atoms with Crippen molar-refractivity contribution in [2.24, 2.45) is 18.9 Å². The lowest BCUT2D eigenvalue weighted by atomic mass is 10.1. The lowest BCUT2D eigenvalue weighted by molar-refractivity contribution is -0.125. The highest BCUT2D eigenvalue weighted by Gasteiger charge is 2.32. The smallest absolute Gasteiger partial charge is 0.223 e. The van der Waals surface area contributed by atoms with Crippen molar-refractivity contribution in [3.05, 3.63) is 35.5 Å². The van der Waals surface area contributed by atoms with Crippen LogP contribution in [0.5, 0.6) is 0 Å². The van der Waals surface area contributed by atoms with E-state index in [2.05, 4.69) is 48.1 Å². The van der Waals surface area contributed by atoms with Crippen molar-refractivity contribution < 1.29 is 4.79 Å². The van der Waals surface area contributed by atoms with Crippen molar-refractivity contribution in [1.82, 2.24) is 9.88 Å². The molecule has 1 aliphatic rings. The number of hydrogen-bond donors (Lipinski definition) is 1. The zero-order valence-corrected chi connectivity index (χ0v) is 12.4. The highest BCUT2D eigenvalue weighted by Crippen LogP contribution is 2.36. The summed E-state index contributed by atoms with van der Waals surface area (Å²) in [7, 11) is 2.08. The lowest BCUT2D eigenvalue weighted by Crippen LogP contribution is -2.29. The molecule has 1 unspecified atom stereocenters. The van der Waals surface area contributed by atoms with Gasteiger partial charge >= 0.3 is 0 Å². The second kappa shape index (κ2) is 4.97. The van der Waals surface area contributed by atoms with Crippen LogP contribution in [0.3, 0.4) is 0 Å². The Kier molecular flexibility index (Phi) is 3.28. The molecule has 20 heavy (non-hydrogen) atoms. The topological polar surface area (TPSA) is 34.0 Å². The van der Waals surface area contributed by atoms with Gasteiger partial charge < -0.3 is 9.88 Å². The number of amides is 1. The summed E-state index contributed by atoms with van der Waals surface area (Å²) in [5.41, 5.74) is 3.66. The van der Waals surface area contributed by atoms with E-state index in [1.165, 1.54) is 35.0 Å². The molecule has 1 atom stereocenters. The van der Waals surface area contributed by atoms with Crippen LogP contribution < -0.4 is 5.32 Å². The number of benzene rings is 1. The highest BCUT2D eigenvalue weighted by atomic mass is 16.1. The lowest BCUT2D eigenvalue weighted by Gasteiger charge is -2.11. The average Bonchev–Trinajstić information content (AvgIpc) is 3.24. The van der Waals surface area contributed by atoms with Crippen molar-refractivity contribution in [1.29, 1.82) is 0 Å². The summed E-state index contributed by atoms with van der Waals surface area (Å²) in [5, 5.41) is 4.30. The maximum absolute atomic E-state index is 12.0. The second-order valence-electron chi connectivity index (χ2n) is 6.08. The normalized spacial score (nSPS) is 16.4. The molecular weight excluding hydrogens is 248 g/mol. The molecule has 1 N–H and O–H groups in total. The fraction of sp³-hybridized carbons (Fsp3) is 0.471. The van der Waals surface area contributed by atoms with Crippen LogP contribution in [0, 0.1) is 18.8 Å². The molecular formula is C17H22N2O. The Morgan fingerprint density at radius 1 is 1.40 bits per heavy atom. The third kappa shape index (κ3) is 2.45. The van der Waals surface area contributed by atoms with Gasteiger partial charge in [-0.15, -0.1) is 0 Å². The molecule has 1 fully saturated rings. The first-order chi connectivity index (χ1) is 9.56. The molecule has 1 heterocycles. The van der Waals surface area contributed by atoms with E-state index in [1.807, 2.05) is 6.92 Å². The van der Waals surface area contributed by atoms with Crippen molar-refractivity contribution in [3.8, 4) is 0 Å². The van der Waals surface area contributed by atoms with Crippen LogP contribution in [0.4, 0.5) is 0 Å². The molecule has 3 heteroatoms. The zero-order valence-electron chi connectivity index (χ0n) is 12.4. The van der Waals surface area contributed by atoms with Gasteiger partial charge in [-0.05, 0) is 49.4 Å². The fourth-order valence-corrected chi connectivity index (χ4v) is 2.81. The van der Waals surface area contributed by atoms with E-state index in [1.54, 1.807) is 0 Å². The minimum atomic E-state index is 0.165. The largest absolute Gasteiger partial charge is 0.352 e. The van der Waals surface area contributed by atoms with Crippen LogP contribution in [0.2, 0.25) is 0 Å². The third-order valence-corrected chi connectivity index (χ3v) is 4.56. The van der Waals surface area contributed by atoms with Gasteiger partial charge in [-0.2, -0.15) is 0 Å². The van der Waals surface area contributed by atoms with Crippen LogP contribution in [0.15, 0.2) is 24.3 Å². The van der Waals surface area contributed by atoms with E-state index in [4.69, 9.17) is 0 Å². The van der Waals surface area contributed by atoms with E-state index < -0.39 is 0 Å². The summed E-state index contributed by atoms with van der Waals surface area (Å²) in [5.74, 6) is 0.976. The first kappa shape index (κ1) is 13.2. The maximum Gasteiger partial charge on any atom is 0.223 e. The third-order valence-electron chi connectivity index (χ3n) is 4.56. The summed E-state index contributed by atoms with van der Waals surface area (Å²) in [4.78, 5) is 12.0. The number of carbonyl (C=O) groups is 1. The number of aryl methyl sites for hydroxylation is 2. The Hall–Kier alpha value is -1.77. The highest BCUT2D eigenvalue weighted by molar-refractivity contribution is 5.82. The molecule has 1 saturated carbocycles. The molecule has 1 aromatic heterocycles. The SMILES string of the molecule is Cc1cc2cc(CNC(=O)C(C)C3CC3)ccc2n1C. The summed E-state index contributed by atoms with van der Waals surface area (Å²) in [6.45, 7) is 4.77. The van der Waals surface area contributed by atoms with Gasteiger partial charge in [0.25, 0.3) is 0 Å². The van der Waals surface area contributed by atoms with Crippen molar-refractivity contribution in [3.63, 3.8) is 0 Å². The average molecular weight is 270 g/mol. The summed E-state index contributed by atoms with van der Waals surface area (Å²) in [6.07, 6.45) is 2.42. The quantitative estimate of drug-likeness (QED) is 0.910. The van der Waals surface area contributed by atoms with Crippen LogP contribution in [-0.2, 0) is 18.4 Å². The zero-order chi connectivity index (χ0) is 14.3. The number of nitrogens with zero attached hydrogens (tertiary/aromatic N) is 1. The number of hydrogen-bond acceptors (Lipinski definition) is 1. The molecule has 0 bridgehead atoms. The Morgan fingerprint density at radius 3 is 2.85 bits per heavy atom. The standard InChI is InChI=1S/C17H22N2O/c1-11-8-15-9-13(4-7-16(15)19(11)3)10-18-17(20)12(2)14-5-6-14/h4,7-9,12,14H,5-6,10H2,1-3H3,(H,18,20). The Balaban J connectivity index is 1.69. The molecule has 106 valence electrons. The van der Waals surface area contributed by atoms with Gasteiger partial charge in [0.05, 0.1) is 0 Å². The fourth-order valence-electron chi connectivity index (χ4n) is 2.81. The number of carbonyl (C=O) groups excluding carboxylic acids is 1. The number of nitrogens with one attached hydrogen (secondary N) is 1. The van der Waals surface area contributed by atoms with Crippen LogP contribution in [-0.4, -0.2) is 10.5 Å². The molecule has 1 amide bonds. The summed E-state index contributed by atoms with van der Waals surface area (Å²) in [6, 6.07) is 8.59. The maximum atomic E-state index is 12.0. The molecule has 1 aliphatic carbocycles. The monoisotopic (exact) mass is 270 g/mol. The second-order valence-corrected chi connectivity index (χ2v) is 6.08. The number of fused-ring (bicyclic) bond motifs is 1. The molecule has 0 spiro atoms. The Morgan fingerprint density at radius 2 is 2.15 bits per heavy atom. The first-order valence-electron chi connectivity index (χ1n) is 7.39. The molecule has 1 aromatic carbocycles. The van der Waals surface area contributed by atoms with Crippen molar-refractivity contribution >= 4 is 16.8 Å². The number of rotatable bonds is 4. The molecule has 0 radical (unpaired) electrons. The van der Waals surface area contributed by atoms with Crippen LogP contribution >= 0.6 is 0 Å². The molecule has 0 aliphatic heterocycles. The van der Waals surface area contributed by atoms with E-state index in [0.717, 1.165) is 0 Å². The molecule has 3 nitrogen and oxygen atoms in total. The molecule has 0 saturated heterocycles. The van der Waals surface area contributed by atoms with E-state index >= 15 is 0 Å². The van der Waals surface area contributed by atoms with E-state index in [-0.39, 0.29) is 11.8 Å². The Labute approximate surface area is 120 Å². The van der Waals surface area contributed by atoms with Crippen molar-refractivity contribution in [2.75, 3.05) is 0 Å². The molecule has 2 aromatic rings. The van der Waals surface area contributed by atoms with Gasteiger partial charge in [0, 0.05) is 36.1 Å². The van der Waals surface area contributed by atoms with Gasteiger partial charge in [0.2, 0.25) is 5.91 Å². The first-order valence-corrected chi connectivity index (χ1v) is 7.39. The minimum absolute atomic E-state index is 0.165. The Bertz CT molecular complexity index is 652. The summed E-state index contributed by atoms with van der Waals surface area (Å²) < 4.78 is 2.19. The summed E-state index contributed by atoms with van der Waals surface area (Å²) >= 11 is 0. The minimum Gasteiger partial charge on any atom is -0.352 e. The molecule has 3 rings (SSSR count). The van der Waals surface area contributed by atoms with Gasteiger partial charge in [0.15, 0.2) is 0 Å². The van der Waals surface area contributed by atoms with Crippen LogP contribution in [0.25, 0.3) is 10.9 Å². The van der Waals surface area contributed by atoms with Crippen LogP contribution in [0.1, 0.15) is 31.0 Å². The van der Waals surface area contributed by atoms with Gasteiger partial charge in [-0.25, -0.2) is 0 Å². The van der Waals surface area contributed by atoms with Gasteiger partial charge in [-0.1, -0.05) is 13.0 Å². The van der Waals surface area contributed by atoms with E-state index in [9.17, 15) is 4.79 Å². The predicted molar refractivity (Wildman–Crippen MR) is 81.4 cm³/mol. The predicted octanol–water partition coefficient (Wildman–Crippen LogP) is 3.15. The van der Waals surface area contributed by atoms with E-state index in [0.29, 0.717) is 12.5 Å². The number of aromatic nitrogens is 1. The van der Waals surface area contributed by atoms with Crippen molar-refractivity contribution in [2.45, 2.75) is 33.2 Å². The van der Waals surface area contributed by atoms with Gasteiger partial charge in [-0.3, -0.25) is 4.79 Å². The van der Waals surface area contributed by atoms with Gasteiger partial charge in [0.1, 0.15) is 0 Å².